The molecule has 1 saturated heterocycles. The van der Waals surface area contributed by atoms with Crippen LogP contribution in [0.1, 0.15) is 22.8 Å². The highest BCUT2D eigenvalue weighted by Gasteiger charge is 2.25. The molecule has 27 heavy (non-hydrogen) atoms. The molecule has 2 aromatic carbocycles. The van der Waals surface area contributed by atoms with Gasteiger partial charge in [-0.3, -0.25) is 4.79 Å². The van der Waals surface area contributed by atoms with Crippen LogP contribution in [-0.4, -0.2) is 36.4 Å². The summed E-state index contributed by atoms with van der Waals surface area (Å²) in [4.78, 5) is 14.5. The van der Waals surface area contributed by atoms with E-state index in [1.54, 1.807) is 16.7 Å². The molecule has 0 spiro atoms. The van der Waals surface area contributed by atoms with Gasteiger partial charge in [0.1, 0.15) is 11.6 Å². The highest BCUT2D eigenvalue weighted by molar-refractivity contribution is 7.99. The molecule has 0 saturated carbocycles. The molecule has 0 bridgehead atoms. The highest BCUT2D eigenvalue weighted by atomic mass is 32.2. The number of benzene rings is 2. The lowest BCUT2D eigenvalue weighted by Crippen LogP contribution is -2.34. The van der Waals surface area contributed by atoms with Crippen LogP contribution in [0, 0.1) is 11.6 Å². The van der Waals surface area contributed by atoms with E-state index in [0.29, 0.717) is 42.3 Å². The fraction of sp³-hybridized carbons (Fsp3) is 0.350. The van der Waals surface area contributed by atoms with Crippen LogP contribution in [-0.2, 0) is 11.2 Å². The van der Waals surface area contributed by atoms with E-state index in [-0.39, 0.29) is 24.4 Å². The number of nitrogens with zero attached hydrogens (tertiary/aromatic N) is 1. The summed E-state index contributed by atoms with van der Waals surface area (Å²) in [6.45, 7) is 1.33. The van der Waals surface area contributed by atoms with E-state index in [1.165, 1.54) is 12.1 Å². The van der Waals surface area contributed by atoms with Gasteiger partial charge in [-0.05, 0) is 42.3 Å². The highest BCUT2D eigenvalue weighted by Crippen LogP contribution is 2.36. The van der Waals surface area contributed by atoms with Crippen molar-refractivity contribution in [1.82, 2.24) is 4.90 Å². The number of carbonyl (C=O) groups excluding carboxylic acids is 1. The van der Waals surface area contributed by atoms with E-state index in [0.717, 1.165) is 11.6 Å². The molecule has 142 valence electrons. The molecule has 2 aliphatic rings. The van der Waals surface area contributed by atoms with Gasteiger partial charge in [-0.1, -0.05) is 6.07 Å². The Morgan fingerprint density at radius 3 is 2.85 bits per heavy atom. The number of hydrogen-bond donors (Lipinski definition) is 0. The number of rotatable bonds is 3. The maximum Gasteiger partial charge on any atom is 0.231 e. The van der Waals surface area contributed by atoms with Crippen LogP contribution >= 0.6 is 11.8 Å². The lowest BCUT2D eigenvalue weighted by molar-refractivity contribution is -0.130. The van der Waals surface area contributed by atoms with Crippen LogP contribution in [0.4, 0.5) is 8.78 Å². The molecule has 1 fully saturated rings. The standard InChI is InChI=1S/C20H19F2NO3S/c21-14-2-3-16(22)15(11-14)19-5-6-23(7-8-27-19)20(24)10-13-1-4-17-18(9-13)26-12-25-17/h1-4,9,11,19H,5-8,10,12H2/t19-/m0/s1. The first-order valence-corrected chi connectivity index (χ1v) is 9.88. The molecule has 1 amide bonds. The van der Waals surface area contributed by atoms with Crippen molar-refractivity contribution in [3.05, 3.63) is 59.2 Å². The van der Waals surface area contributed by atoms with E-state index in [4.69, 9.17) is 9.47 Å². The second kappa shape index (κ2) is 7.76. The first kappa shape index (κ1) is 18.1. The minimum atomic E-state index is -0.438. The first-order valence-electron chi connectivity index (χ1n) is 8.83. The van der Waals surface area contributed by atoms with E-state index in [9.17, 15) is 13.6 Å². The van der Waals surface area contributed by atoms with Gasteiger partial charge < -0.3 is 14.4 Å². The maximum atomic E-state index is 14.1. The summed E-state index contributed by atoms with van der Waals surface area (Å²) in [5, 5.41) is -0.149. The molecular weight excluding hydrogens is 372 g/mol. The molecule has 4 nitrogen and oxygen atoms in total. The molecule has 4 rings (SSSR count). The van der Waals surface area contributed by atoms with Crippen molar-refractivity contribution in [1.29, 1.82) is 0 Å². The number of fused-ring (bicyclic) bond motifs is 1. The van der Waals surface area contributed by atoms with E-state index in [2.05, 4.69) is 0 Å². The summed E-state index contributed by atoms with van der Waals surface area (Å²) in [7, 11) is 0. The summed E-state index contributed by atoms with van der Waals surface area (Å²) in [6.07, 6.45) is 0.873. The second-order valence-electron chi connectivity index (χ2n) is 6.56. The average molecular weight is 391 g/mol. The van der Waals surface area contributed by atoms with Crippen molar-refractivity contribution in [2.75, 3.05) is 25.6 Å². The van der Waals surface area contributed by atoms with E-state index >= 15 is 0 Å². The molecule has 0 aromatic heterocycles. The second-order valence-corrected chi connectivity index (χ2v) is 7.87. The van der Waals surface area contributed by atoms with Crippen LogP contribution < -0.4 is 9.47 Å². The summed E-state index contributed by atoms with van der Waals surface area (Å²) in [6, 6.07) is 9.06. The first-order chi connectivity index (χ1) is 13.1. The third-order valence-corrected chi connectivity index (χ3v) is 6.10. The predicted molar refractivity (Wildman–Crippen MR) is 99.0 cm³/mol. The van der Waals surface area contributed by atoms with Gasteiger partial charge in [0, 0.05) is 29.7 Å². The van der Waals surface area contributed by atoms with Gasteiger partial charge in [0.15, 0.2) is 11.5 Å². The molecule has 2 aliphatic heterocycles. The van der Waals surface area contributed by atoms with Gasteiger partial charge in [0.05, 0.1) is 6.42 Å². The van der Waals surface area contributed by atoms with Crippen LogP contribution in [0.15, 0.2) is 36.4 Å². The monoisotopic (exact) mass is 391 g/mol. The maximum absolute atomic E-state index is 14.1. The van der Waals surface area contributed by atoms with Crippen LogP contribution in [0.5, 0.6) is 11.5 Å². The van der Waals surface area contributed by atoms with Gasteiger partial charge in [0.25, 0.3) is 0 Å². The zero-order chi connectivity index (χ0) is 18.8. The molecule has 0 aliphatic carbocycles. The normalized spacial score (nSPS) is 19.0. The topological polar surface area (TPSA) is 38.8 Å². The molecule has 0 radical (unpaired) electrons. The minimum Gasteiger partial charge on any atom is -0.454 e. The minimum absolute atomic E-state index is 0.0230. The third-order valence-electron chi connectivity index (χ3n) is 4.79. The van der Waals surface area contributed by atoms with Crippen LogP contribution in [0.2, 0.25) is 0 Å². The zero-order valence-electron chi connectivity index (χ0n) is 14.6. The number of thioether (sulfide) groups is 1. The van der Waals surface area contributed by atoms with Gasteiger partial charge in [0.2, 0.25) is 12.7 Å². The quantitative estimate of drug-likeness (QED) is 0.794. The Bertz CT molecular complexity index is 861. The van der Waals surface area contributed by atoms with Crippen molar-refractivity contribution in [2.45, 2.75) is 18.1 Å². The van der Waals surface area contributed by atoms with Crippen molar-refractivity contribution >= 4 is 17.7 Å². The Kier molecular flexibility index (Phi) is 5.20. The Morgan fingerprint density at radius 2 is 1.96 bits per heavy atom. The Morgan fingerprint density at radius 1 is 1.11 bits per heavy atom. The van der Waals surface area contributed by atoms with Gasteiger partial charge in [-0.25, -0.2) is 8.78 Å². The van der Waals surface area contributed by atoms with Gasteiger partial charge in [-0.2, -0.15) is 11.8 Å². The molecular formula is C20H19F2NO3S. The lowest BCUT2D eigenvalue weighted by Gasteiger charge is -2.20. The van der Waals surface area contributed by atoms with Gasteiger partial charge in [-0.15, -0.1) is 0 Å². The lowest BCUT2D eigenvalue weighted by atomic mass is 10.1. The number of amides is 1. The van der Waals surface area contributed by atoms with Crippen LogP contribution in [0.3, 0.4) is 0 Å². The summed E-state index contributed by atoms with van der Waals surface area (Å²) >= 11 is 1.57. The molecule has 0 N–H and O–H groups in total. The van der Waals surface area contributed by atoms with Crippen LogP contribution in [0.25, 0.3) is 0 Å². The van der Waals surface area contributed by atoms with Gasteiger partial charge >= 0.3 is 0 Å². The molecule has 1 atom stereocenters. The number of hydrogen-bond acceptors (Lipinski definition) is 4. The van der Waals surface area contributed by atoms with Crippen molar-refractivity contribution in [2.24, 2.45) is 0 Å². The summed E-state index contributed by atoms with van der Waals surface area (Å²) in [5.74, 6) is 1.23. The van der Waals surface area contributed by atoms with Crippen molar-refractivity contribution < 1.29 is 23.0 Å². The molecule has 2 aromatic rings. The fourth-order valence-corrected chi connectivity index (χ4v) is 4.61. The Labute approximate surface area is 160 Å². The number of halogens is 2. The Balaban J connectivity index is 1.40. The summed E-state index contributed by atoms with van der Waals surface area (Å²) < 4.78 is 38.2. The fourth-order valence-electron chi connectivity index (χ4n) is 3.37. The van der Waals surface area contributed by atoms with E-state index < -0.39 is 11.6 Å². The largest absolute Gasteiger partial charge is 0.454 e. The number of carbonyl (C=O) groups is 1. The average Bonchev–Trinajstić information content (AvgIpc) is 2.98. The van der Waals surface area contributed by atoms with Crippen molar-refractivity contribution in [3.63, 3.8) is 0 Å². The number of ether oxygens (including phenoxy) is 2. The Hall–Kier alpha value is -2.28. The molecule has 0 unspecified atom stereocenters. The third kappa shape index (κ3) is 4.03. The summed E-state index contributed by atoms with van der Waals surface area (Å²) in [5.41, 5.74) is 1.25. The smallest absolute Gasteiger partial charge is 0.231 e. The SMILES string of the molecule is O=C(Cc1ccc2c(c1)OCO2)N1CCS[C@H](c2cc(F)ccc2F)CC1. The van der Waals surface area contributed by atoms with Crippen molar-refractivity contribution in [3.8, 4) is 11.5 Å². The predicted octanol–water partition coefficient (Wildman–Crippen LogP) is 3.94. The molecule has 2 heterocycles. The zero-order valence-corrected chi connectivity index (χ0v) is 15.4. The molecule has 7 heteroatoms. The van der Waals surface area contributed by atoms with E-state index in [1.807, 2.05) is 18.2 Å².